The van der Waals surface area contributed by atoms with Crippen molar-refractivity contribution in [2.75, 3.05) is 39.8 Å². The number of thioether (sulfide) groups is 1. The van der Waals surface area contributed by atoms with Gasteiger partial charge < -0.3 is 14.2 Å². The third-order valence-corrected chi connectivity index (χ3v) is 3.09. The molecular formula is C11H22O4S. The summed E-state index contributed by atoms with van der Waals surface area (Å²) in [6, 6.07) is 0. The summed E-state index contributed by atoms with van der Waals surface area (Å²) in [6.07, 6.45) is 1.39. The Hall–Kier alpha value is -0.260. The van der Waals surface area contributed by atoms with Crippen LogP contribution in [0.5, 0.6) is 0 Å². The number of esters is 1. The molecule has 1 unspecified atom stereocenters. The second-order valence-electron chi connectivity index (χ2n) is 3.42. The van der Waals surface area contributed by atoms with E-state index in [0.717, 1.165) is 32.0 Å². The molecule has 0 fully saturated rings. The maximum atomic E-state index is 10.9. The Balaban J connectivity index is 3.21. The van der Waals surface area contributed by atoms with Crippen LogP contribution in [0.1, 0.15) is 19.8 Å². The van der Waals surface area contributed by atoms with E-state index in [2.05, 4.69) is 4.74 Å². The van der Waals surface area contributed by atoms with Crippen molar-refractivity contribution in [1.82, 2.24) is 0 Å². The zero-order chi connectivity index (χ0) is 12.2. The van der Waals surface area contributed by atoms with Crippen LogP contribution < -0.4 is 0 Å². The minimum atomic E-state index is -0.152. The van der Waals surface area contributed by atoms with Crippen LogP contribution in [-0.4, -0.2) is 51.0 Å². The first-order chi connectivity index (χ1) is 7.70. The van der Waals surface area contributed by atoms with Gasteiger partial charge in [-0.25, -0.2) is 0 Å². The molecule has 0 spiro atoms. The normalized spacial score (nSPS) is 12.4. The lowest BCUT2D eigenvalue weighted by atomic mass is 10.3. The molecule has 0 saturated heterocycles. The third kappa shape index (κ3) is 10.3. The van der Waals surface area contributed by atoms with Crippen molar-refractivity contribution in [2.24, 2.45) is 0 Å². The first kappa shape index (κ1) is 15.7. The summed E-state index contributed by atoms with van der Waals surface area (Å²) in [5.74, 6) is 0.756. The van der Waals surface area contributed by atoms with Crippen LogP contribution in [-0.2, 0) is 19.0 Å². The number of hydrogen-bond donors (Lipinski definition) is 0. The van der Waals surface area contributed by atoms with Gasteiger partial charge in [0.1, 0.15) is 0 Å². The predicted octanol–water partition coefficient (Wildman–Crippen LogP) is 1.72. The molecule has 0 aliphatic rings. The lowest BCUT2D eigenvalue weighted by Gasteiger charge is -2.09. The summed E-state index contributed by atoms with van der Waals surface area (Å²) in [4.78, 5) is 10.9. The molecule has 0 aromatic heterocycles. The maximum Gasteiger partial charge on any atom is 0.306 e. The van der Waals surface area contributed by atoms with Gasteiger partial charge >= 0.3 is 5.97 Å². The highest BCUT2D eigenvalue weighted by molar-refractivity contribution is 7.99. The molecule has 0 aromatic carbocycles. The van der Waals surface area contributed by atoms with Crippen LogP contribution in [0.15, 0.2) is 0 Å². The second-order valence-corrected chi connectivity index (χ2v) is 4.97. The van der Waals surface area contributed by atoms with E-state index >= 15 is 0 Å². The van der Waals surface area contributed by atoms with E-state index in [0.29, 0.717) is 6.42 Å². The lowest BCUT2D eigenvalue weighted by molar-refractivity contribution is -0.140. The molecule has 96 valence electrons. The number of methoxy groups -OCH3 is 2. The molecule has 0 aromatic rings. The van der Waals surface area contributed by atoms with Gasteiger partial charge in [0, 0.05) is 31.3 Å². The monoisotopic (exact) mass is 250 g/mol. The molecule has 0 amide bonds. The molecule has 0 rings (SSSR count). The van der Waals surface area contributed by atoms with Crippen LogP contribution >= 0.6 is 11.8 Å². The Labute approximate surface area is 102 Å². The van der Waals surface area contributed by atoms with Gasteiger partial charge in [-0.1, -0.05) is 6.92 Å². The molecular weight excluding hydrogens is 228 g/mol. The number of carbonyl (C=O) groups excluding carboxylic acids is 1. The molecule has 0 aliphatic heterocycles. The van der Waals surface area contributed by atoms with Gasteiger partial charge in [0.05, 0.1) is 20.1 Å². The van der Waals surface area contributed by atoms with Crippen molar-refractivity contribution < 1.29 is 19.0 Å². The first-order valence-corrected chi connectivity index (χ1v) is 6.50. The summed E-state index contributed by atoms with van der Waals surface area (Å²) >= 11 is 1.73. The molecule has 0 heterocycles. The molecule has 4 nitrogen and oxygen atoms in total. The van der Waals surface area contributed by atoms with E-state index < -0.39 is 0 Å². The molecule has 0 bridgehead atoms. The summed E-state index contributed by atoms with van der Waals surface area (Å²) < 4.78 is 14.9. The van der Waals surface area contributed by atoms with Gasteiger partial charge in [-0.2, -0.15) is 11.8 Å². The van der Waals surface area contributed by atoms with E-state index in [4.69, 9.17) is 9.47 Å². The highest BCUT2D eigenvalue weighted by Crippen LogP contribution is 2.14. The average molecular weight is 250 g/mol. The summed E-state index contributed by atoms with van der Waals surface area (Å²) in [5.41, 5.74) is 0. The number of hydrogen-bond acceptors (Lipinski definition) is 5. The molecule has 0 aliphatic carbocycles. The SMILES string of the molecule is COCCCOCCSC(C)CC(=O)OC. The van der Waals surface area contributed by atoms with Crippen molar-refractivity contribution >= 4 is 17.7 Å². The van der Waals surface area contributed by atoms with Crippen molar-refractivity contribution in [3.8, 4) is 0 Å². The molecule has 0 N–H and O–H groups in total. The Bertz CT molecular complexity index is 175. The van der Waals surface area contributed by atoms with Crippen molar-refractivity contribution in [3.05, 3.63) is 0 Å². The topological polar surface area (TPSA) is 44.8 Å². The molecule has 5 heteroatoms. The van der Waals surface area contributed by atoms with Crippen molar-refractivity contribution in [3.63, 3.8) is 0 Å². The summed E-state index contributed by atoms with van der Waals surface area (Å²) in [5, 5.41) is 0.287. The Morgan fingerprint density at radius 1 is 1.25 bits per heavy atom. The quantitative estimate of drug-likeness (QED) is 0.436. The van der Waals surface area contributed by atoms with Gasteiger partial charge in [-0.05, 0) is 6.42 Å². The fourth-order valence-electron chi connectivity index (χ4n) is 1.09. The van der Waals surface area contributed by atoms with Gasteiger partial charge in [0.15, 0.2) is 0 Å². The van der Waals surface area contributed by atoms with E-state index in [1.807, 2.05) is 6.92 Å². The van der Waals surface area contributed by atoms with Crippen LogP contribution in [0, 0.1) is 0 Å². The molecule has 16 heavy (non-hydrogen) atoms. The van der Waals surface area contributed by atoms with E-state index in [-0.39, 0.29) is 11.2 Å². The first-order valence-electron chi connectivity index (χ1n) is 5.45. The zero-order valence-electron chi connectivity index (χ0n) is 10.4. The standard InChI is InChI=1S/C11H22O4S/c1-10(9-11(12)14-3)16-8-7-15-6-4-5-13-2/h10H,4-9H2,1-3H3. The van der Waals surface area contributed by atoms with Crippen LogP contribution in [0.3, 0.4) is 0 Å². The molecule has 1 atom stereocenters. The van der Waals surface area contributed by atoms with Crippen LogP contribution in [0.2, 0.25) is 0 Å². The fourth-order valence-corrected chi connectivity index (χ4v) is 1.96. The van der Waals surface area contributed by atoms with Gasteiger partial charge in [0.2, 0.25) is 0 Å². The average Bonchev–Trinajstić information content (AvgIpc) is 2.27. The minimum Gasteiger partial charge on any atom is -0.469 e. The predicted molar refractivity (Wildman–Crippen MR) is 65.9 cm³/mol. The Morgan fingerprint density at radius 2 is 2.00 bits per heavy atom. The Morgan fingerprint density at radius 3 is 2.62 bits per heavy atom. The number of rotatable bonds is 10. The van der Waals surface area contributed by atoms with Crippen LogP contribution in [0.4, 0.5) is 0 Å². The molecule has 0 radical (unpaired) electrons. The third-order valence-electron chi connectivity index (χ3n) is 1.95. The maximum absolute atomic E-state index is 10.9. The van der Waals surface area contributed by atoms with E-state index in [1.165, 1.54) is 7.11 Å². The second kappa shape index (κ2) is 11.2. The number of carbonyl (C=O) groups is 1. The highest BCUT2D eigenvalue weighted by Gasteiger charge is 2.08. The molecule has 0 saturated carbocycles. The smallest absolute Gasteiger partial charge is 0.306 e. The van der Waals surface area contributed by atoms with E-state index in [9.17, 15) is 4.79 Å². The van der Waals surface area contributed by atoms with Gasteiger partial charge in [-0.15, -0.1) is 0 Å². The summed E-state index contributed by atoms with van der Waals surface area (Å²) in [7, 11) is 3.10. The lowest BCUT2D eigenvalue weighted by Crippen LogP contribution is -2.10. The Kier molecular flexibility index (Phi) is 11.0. The highest BCUT2D eigenvalue weighted by atomic mass is 32.2. The zero-order valence-corrected chi connectivity index (χ0v) is 11.2. The van der Waals surface area contributed by atoms with Crippen LogP contribution in [0.25, 0.3) is 0 Å². The fraction of sp³-hybridized carbons (Fsp3) is 0.909. The van der Waals surface area contributed by atoms with Gasteiger partial charge in [-0.3, -0.25) is 4.79 Å². The van der Waals surface area contributed by atoms with Gasteiger partial charge in [0.25, 0.3) is 0 Å². The van der Waals surface area contributed by atoms with Crippen molar-refractivity contribution in [1.29, 1.82) is 0 Å². The minimum absolute atomic E-state index is 0.152. The number of ether oxygens (including phenoxy) is 3. The largest absolute Gasteiger partial charge is 0.469 e. The van der Waals surface area contributed by atoms with E-state index in [1.54, 1.807) is 18.9 Å². The summed E-state index contributed by atoms with van der Waals surface area (Å²) in [6.45, 7) is 4.22. The van der Waals surface area contributed by atoms with Crippen molar-refractivity contribution in [2.45, 2.75) is 25.0 Å².